The first-order chi connectivity index (χ1) is 12.5. The lowest BCUT2D eigenvalue weighted by Gasteiger charge is -2.35. The lowest BCUT2D eigenvalue weighted by molar-refractivity contribution is -0.385. The topological polar surface area (TPSA) is 102 Å². The number of halogens is 1. The van der Waals surface area contributed by atoms with Gasteiger partial charge in [-0.25, -0.2) is 0 Å². The van der Waals surface area contributed by atoms with Gasteiger partial charge in [-0.2, -0.15) is 0 Å². The minimum atomic E-state index is -0.577. The predicted octanol–water partition coefficient (Wildman–Crippen LogP) is 2.01. The first kappa shape index (κ1) is 17.9. The van der Waals surface area contributed by atoms with E-state index in [1.54, 1.807) is 17.0 Å². The molecule has 0 atom stereocenters. The summed E-state index contributed by atoms with van der Waals surface area (Å²) in [5, 5.41) is 19.5. The van der Waals surface area contributed by atoms with Crippen molar-refractivity contribution in [3.05, 3.63) is 51.0 Å². The number of piperazine rings is 1. The van der Waals surface area contributed by atoms with Gasteiger partial charge in [-0.1, -0.05) is 11.6 Å². The van der Waals surface area contributed by atoms with E-state index in [1.807, 2.05) is 4.90 Å². The maximum atomic E-state index is 12.7. The first-order valence-electron chi connectivity index (χ1n) is 7.85. The number of benzene rings is 1. The van der Waals surface area contributed by atoms with Gasteiger partial charge in [0.2, 0.25) is 5.88 Å². The third-order valence-electron chi connectivity index (χ3n) is 4.11. The van der Waals surface area contributed by atoms with Gasteiger partial charge < -0.3 is 14.5 Å². The second-order valence-electron chi connectivity index (χ2n) is 5.63. The predicted molar refractivity (Wildman–Crippen MR) is 94.8 cm³/mol. The zero-order valence-electron chi connectivity index (χ0n) is 14.0. The Morgan fingerprint density at radius 3 is 2.50 bits per heavy atom. The van der Waals surface area contributed by atoms with Crippen LogP contribution in [-0.2, 0) is 0 Å². The highest BCUT2D eigenvalue weighted by molar-refractivity contribution is 6.31. The van der Waals surface area contributed by atoms with Crippen molar-refractivity contribution in [3.63, 3.8) is 0 Å². The number of hydrogen-bond acceptors (Lipinski definition) is 7. The first-order valence-corrected chi connectivity index (χ1v) is 8.23. The van der Waals surface area contributed by atoms with Crippen LogP contribution in [0.1, 0.15) is 10.4 Å². The molecule has 0 saturated carbocycles. The molecule has 1 aliphatic rings. The number of carbonyl (C=O) groups is 1. The standard InChI is InChI=1S/C16H16ClN5O4/c1-26-15-5-4-14(18-19-15)20-6-8-21(9-7-20)16(23)12-10-11(17)2-3-13(12)22(24)25/h2-5,10H,6-9H2,1H3. The van der Waals surface area contributed by atoms with Crippen LogP contribution >= 0.6 is 11.6 Å². The maximum absolute atomic E-state index is 12.7. The Hall–Kier alpha value is -2.94. The summed E-state index contributed by atoms with van der Waals surface area (Å²) in [4.78, 5) is 26.9. The molecule has 0 aliphatic carbocycles. The van der Waals surface area contributed by atoms with E-state index in [4.69, 9.17) is 16.3 Å². The molecule has 0 spiro atoms. The molecule has 0 bridgehead atoms. The van der Waals surface area contributed by atoms with E-state index in [0.717, 1.165) is 0 Å². The summed E-state index contributed by atoms with van der Waals surface area (Å²) < 4.78 is 4.98. The molecule has 2 aromatic rings. The Labute approximate surface area is 154 Å². The van der Waals surface area contributed by atoms with Crippen LogP contribution in [-0.4, -0.2) is 59.2 Å². The number of hydrogen-bond donors (Lipinski definition) is 0. The molecular weight excluding hydrogens is 362 g/mol. The molecule has 1 amide bonds. The Bertz CT molecular complexity index is 822. The Kier molecular flexibility index (Phi) is 5.17. The minimum absolute atomic E-state index is 0.000175. The minimum Gasteiger partial charge on any atom is -0.480 e. The summed E-state index contributed by atoms with van der Waals surface area (Å²) in [7, 11) is 1.52. The highest BCUT2D eigenvalue weighted by Gasteiger charge is 2.28. The van der Waals surface area contributed by atoms with E-state index in [-0.39, 0.29) is 16.3 Å². The van der Waals surface area contributed by atoms with E-state index in [9.17, 15) is 14.9 Å². The van der Waals surface area contributed by atoms with E-state index in [1.165, 1.54) is 25.3 Å². The molecule has 0 radical (unpaired) electrons. The molecule has 1 aromatic heterocycles. The normalized spacial score (nSPS) is 14.2. The number of carbonyl (C=O) groups excluding carboxylic acids is 1. The van der Waals surface area contributed by atoms with Gasteiger partial charge in [-0.05, 0) is 18.2 Å². The van der Waals surface area contributed by atoms with E-state index >= 15 is 0 Å². The molecule has 0 N–H and O–H groups in total. The highest BCUT2D eigenvalue weighted by Crippen LogP contribution is 2.25. The summed E-state index contributed by atoms with van der Waals surface area (Å²) in [5.74, 6) is 0.710. The quantitative estimate of drug-likeness (QED) is 0.593. The van der Waals surface area contributed by atoms with Crippen LogP contribution in [0.25, 0.3) is 0 Å². The van der Waals surface area contributed by atoms with Crippen molar-refractivity contribution in [2.45, 2.75) is 0 Å². The van der Waals surface area contributed by atoms with Gasteiger partial charge >= 0.3 is 0 Å². The number of amides is 1. The molecule has 26 heavy (non-hydrogen) atoms. The summed E-state index contributed by atoms with van der Waals surface area (Å²) in [6.07, 6.45) is 0. The number of nitro benzene ring substituents is 1. The van der Waals surface area contributed by atoms with Crippen molar-refractivity contribution in [2.24, 2.45) is 0 Å². The van der Waals surface area contributed by atoms with Crippen molar-refractivity contribution in [1.82, 2.24) is 15.1 Å². The van der Waals surface area contributed by atoms with Gasteiger partial charge in [0.25, 0.3) is 11.6 Å². The largest absolute Gasteiger partial charge is 0.480 e. The van der Waals surface area contributed by atoms with Gasteiger partial charge in [-0.15, -0.1) is 10.2 Å². The monoisotopic (exact) mass is 377 g/mol. The SMILES string of the molecule is COc1ccc(N2CCN(C(=O)c3cc(Cl)ccc3[N+](=O)[O-])CC2)nn1. The Balaban J connectivity index is 1.70. The van der Waals surface area contributed by atoms with Crippen molar-refractivity contribution < 1.29 is 14.5 Å². The fourth-order valence-corrected chi connectivity index (χ4v) is 2.91. The van der Waals surface area contributed by atoms with Crippen molar-refractivity contribution in [1.29, 1.82) is 0 Å². The van der Waals surface area contributed by atoms with Gasteiger partial charge in [0.05, 0.1) is 12.0 Å². The number of nitro groups is 1. The lowest BCUT2D eigenvalue weighted by Crippen LogP contribution is -2.49. The molecule has 2 heterocycles. The van der Waals surface area contributed by atoms with E-state index in [2.05, 4.69) is 10.2 Å². The van der Waals surface area contributed by atoms with Gasteiger partial charge in [0, 0.05) is 43.3 Å². The highest BCUT2D eigenvalue weighted by atomic mass is 35.5. The van der Waals surface area contributed by atoms with Gasteiger partial charge in [0.15, 0.2) is 5.82 Å². The van der Waals surface area contributed by atoms with Crippen molar-refractivity contribution in [2.75, 3.05) is 38.2 Å². The third-order valence-corrected chi connectivity index (χ3v) is 4.35. The van der Waals surface area contributed by atoms with Crippen LogP contribution in [0.3, 0.4) is 0 Å². The number of aromatic nitrogens is 2. The smallest absolute Gasteiger partial charge is 0.282 e. The molecule has 9 nitrogen and oxygen atoms in total. The average molecular weight is 378 g/mol. The molecule has 0 unspecified atom stereocenters. The lowest BCUT2D eigenvalue weighted by atomic mass is 10.1. The fourth-order valence-electron chi connectivity index (χ4n) is 2.74. The van der Waals surface area contributed by atoms with E-state index < -0.39 is 10.8 Å². The summed E-state index contributed by atoms with van der Waals surface area (Å²) in [5.41, 5.74) is -0.247. The zero-order chi connectivity index (χ0) is 18.7. The van der Waals surface area contributed by atoms with Gasteiger partial charge in [-0.3, -0.25) is 14.9 Å². The van der Waals surface area contributed by atoms with Crippen LogP contribution in [0.15, 0.2) is 30.3 Å². The molecule has 1 aromatic carbocycles. The summed E-state index contributed by atoms with van der Waals surface area (Å²) >= 11 is 5.91. The van der Waals surface area contributed by atoms with Crippen LogP contribution in [0, 0.1) is 10.1 Å². The molecular formula is C16H16ClN5O4. The fraction of sp³-hybridized carbons (Fsp3) is 0.312. The van der Waals surface area contributed by atoms with E-state index in [0.29, 0.717) is 37.9 Å². The zero-order valence-corrected chi connectivity index (χ0v) is 14.7. The molecule has 136 valence electrons. The number of anilines is 1. The van der Waals surface area contributed by atoms with Crippen LogP contribution in [0.2, 0.25) is 5.02 Å². The molecule has 1 fully saturated rings. The number of methoxy groups -OCH3 is 1. The number of rotatable bonds is 4. The third kappa shape index (κ3) is 3.67. The summed E-state index contributed by atoms with van der Waals surface area (Å²) in [6, 6.07) is 7.50. The van der Waals surface area contributed by atoms with Crippen molar-refractivity contribution >= 4 is 29.0 Å². The van der Waals surface area contributed by atoms with Crippen molar-refractivity contribution in [3.8, 4) is 5.88 Å². The second kappa shape index (κ2) is 7.52. The molecule has 1 saturated heterocycles. The second-order valence-corrected chi connectivity index (χ2v) is 6.07. The number of ether oxygens (including phenoxy) is 1. The molecule has 1 aliphatic heterocycles. The van der Waals surface area contributed by atoms with Gasteiger partial charge in [0.1, 0.15) is 5.56 Å². The number of nitrogens with zero attached hydrogens (tertiary/aromatic N) is 5. The Morgan fingerprint density at radius 1 is 1.19 bits per heavy atom. The van der Waals surface area contributed by atoms with Crippen LogP contribution < -0.4 is 9.64 Å². The Morgan fingerprint density at radius 2 is 1.92 bits per heavy atom. The molecule has 3 rings (SSSR count). The van der Waals surface area contributed by atoms with Crippen LogP contribution in [0.5, 0.6) is 5.88 Å². The molecule has 10 heteroatoms. The average Bonchev–Trinajstić information content (AvgIpc) is 2.67. The maximum Gasteiger partial charge on any atom is 0.282 e. The summed E-state index contributed by atoms with van der Waals surface area (Å²) in [6.45, 7) is 1.91. The van der Waals surface area contributed by atoms with Crippen LogP contribution in [0.4, 0.5) is 11.5 Å².